The highest BCUT2D eigenvalue weighted by atomic mass is 35.5. The average molecular weight is 400 g/mol. The summed E-state index contributed by atoms with van der Waals surface area (Å²) in [6, 6.07) is 17.9. The van der Waals surface area contributed by atoms with Crippen LogP contribution < -0.4 is 14.8 Å². The highest BCUT2D eigenvalue weighted by Crippen LogP contribution is 2.24. The number of carbonyl (C=O) groups is 1. The molecule has 4 nitrogen and oxygen atoms in total. The number of halogens is 2. The number of rotatable bonds is 7. The second kappa shape index (κ2) is 9.24. The van der Waals surface area contributed by atoms with Gasteiger partial charge in [-0.2, -0.15) is 0 Å². The van der Waals surface area contributed by atoms with E-state index < -0.39 is 5.82 Å². The lowest BCUT2D eigenvalue weighted by Crippen LogP contribution is -2.13. The second-order valence-electron chi connectivity index (χ2n) is 5.97. The quantitative estimate of drug-likeness (QED) is 0.553. The topological polar surface area (TPSA) is 47.6 Å². The molecule has 1 amide bonds. The Morgan fingerprint density at radius 1 is 1.04 bits per heavy atom. The Balaban J connectivity index is 1.79. The van der Waals surface area contributed by atoms with E-state index in [1.54, 1.807) is 48.5 Å². The van der Waals surface area contributed by atoms with Gasteiger partial charge in [0.1, 0.15) is 23.9 Å². The number of benzene rings is 3. The standard InChI is InChI=1S/C22H19ClFNO3/c1-2-27-21-10-9-15(22(26)25-19-7-4-6-18(24)13-19)11-16(21)14-28-20-8-3-5-17(23)12-20/h3-13H,2,14H2,1H3,(H,25,26). The number of ether oxygens (including phenoxy) is 2. The van der Waals surface area contributed by atoms with Gasteiger partial charge in [0.2, 0.25) is 0 Å². The van der Waals surface area contributed by atoms with Crippen LogP contribution in [0.1, 0.15) is 22.8 Å². The molecule has 3 aromatic rings. The maximum atomic E-state index is 13.3. The molecule has 6 heteroatoms. The molecule has 0 fully saturated rings. The molecule has 28 heavy (non-hydrogen) atoms. The van der Waals surface area contributed by atoms with Gasteiger partial charge >= 0.3 is 0 Å². The van der Waals surface area contributed by atoms with E-state index in [0.29, 0.717) is 39.9 Å². The number of carbonyl (C=O) groups excluding carboxylic acids is 1. The average Bonchev–Trinajstić information content (AvgIpc) is 2.67. The molecule has 0 radical (unpaired) electrons. The summed E-state index contributed by atoms with van der Waals surface area (Å²) in [7, 11) is 0. The molecule has 1 N–H and O–H groups in total. The van der Waals surface area contributed by atoms with E-state index in [1.165, 1.54) is 18.2 Å². The van der Waals surface area contributed by atoms with Crippen LogP contribution in [0.4, 0.5) is 10.1 Å². The van der Waals surface area contributed by atoms with Crippen LogP contribution >= 0.6 is 11.6 Å². The van der Waals surface area contributed by atoms with Crippen molar-refractivity contribution in [3.05, 3.63) is 88.7 Å². The van der Waals surface area contributed by atoms with Crippen molar-refractivity contribution in [1.82, 2.24) is 0 Å². The Labute approximate surface area is 167 Å². The van der Waals surface area contributed by atoms with Crippen molar-refractivity contribution < 1.29 is 18.7 Å². The van der Waals surface area contributed by atoms with E-state index in [0.717, 1.165) is 0 Å². The van der Waals surface area contributed by atoms with Crippen molar-refractivity contribution in [1.29, 1.82) is 0 Å². The maximum Gasteiger partial charge on any atom is 0.255 e. The maximum absolute atomic E-state index is 13.3. The van der Waals surface area contributed by atoms with Crippen LogP contribution in [0.2, 0.25) is 5.02 Å². The van der Waals surface area contributed by atoms with Crippen molar-refractivity contribution in [2.45, 2.75) is 13.5 Å². The summed E-state index contributed by atoms with van der Waals surface area (Å²) in [6.45, 7) is 2.57. The SMILES string of the molecule is CCOc1ccc(C(=O)Nc2cccc(F)c2)cc1COc1cccc(Cl)c1. The van der Waals surface area contributed by atoms with Crippen LogP contribution in [-0.4, -0.2) is 12.5 Å². The Kier molecular flexibility index (Phi) is 6.50. The molecule has 0 spiro atoms. The van der Waals surface area contributed by atoms with Crippen molar-refractivity contribution in [2.24, 2.45) is 0 Å². The smallest absolute Gasteiger partial charge is 0.255 e. The normalized spacial score (nSPS) is 10.4. The molecule has 144 valence electrons. The molecule has 0 aromatic heterocycles. The van der Waals surface area contributed by atoms with E-state index >= 15 is 0 Å². The molecule has 0 aliphatic carbocycles. The van der Waals surface area contributed by atoms with Gasteiger partial charge in [-0.05, 0) is 61.5 Å². The predicted octanol–water partition coefficient (Wildman–Crippen LogP) is 5.71. The summed E-state index contributed by atoms with van der Waals surface area (Å²) >= 11 is 5.98. The molecule has 0 bridgehead atoms. The van der Waals surface area contributed by atoms with Crippen LogP contribution in [0.3, 0.4) is 0 Å². The molecule has 0 aliphatic rings. The van der Waals surface area contributed by atoms with Gasteiger partial charge in [-0.1, -0.05) is 23.7 Å². The third-order valence-corrected chi connectivity index (χ3v) is 4.13. The zero-order chi connectivity index (χ0) is 19.9. The Morgan fingerprint density at radius 2 is 1.86 bits per heavy atom. The monoisotopic (exact) mass is 399 g/mol. The summed E-state index contributed by atoms with van der Waals surface area (Å²) in [4.78, 5) is 12.5. The molecule has 3 aromatic carbocycles. The Bertz CT molecular complexity index is 978. The summed E-state index contributed by atoms with van der Waals surface area (Å²) in [5.74, 6) is 0.481. The number of anilines is 1. The molecule has 0 atom stereocenters. The van der Waals surface area contributed by atoms with Gasteiger partial charge in [0.15, 0.2) is 0 Å². The van der Waals surface area contributed by atoms with Crippen LogP contribution in [0.15, 0.2) is 66.7 Å². The molecular weight excluding hydrogens is 381 g/mol. The van der Waals surface area contributed by atoms with E-state index in [-0.39, 0.29) is 12.5 Å². The Morgan fingerprint density at radius 3 is 2.61 bits per heavy atom. The van der Waals surface area contributed by atoms with Gasteiger partial charge in [0, 0.05) is 21.8 Å². The van der Waals surface area contributed by atoms with E-state index in [1.807, 2.05) is 6.92 Å². The third-order valence-electron chi connectivity index (χ3n) is 3.90. The minimum atomic E-state index is -0.417. The third kappa shape index (κ3) is 5.24. The van der Waals surface area contributed by atoms with Gasteiger partial charge in [0.25, 0.3) is 5.91 Å². The zero-order valence-electron chi connectivity index (χ0n) is 15.2. The highest BCUT2D eigenvalue weighted by Gasteiger charge is 2.12. The highest BCUT2D eigenvalue weighted by molar-refractivity contribution is 6.30. The number of amides is 1. The molecule has 0 saturated heterocycles. The van der Waals surface area contributed by atoms with Crippen LogP contribution in [0.25, 0.3) is 0 Å². The largest absolute Gasteiger partial charge is 0.493 e. The lowest BCUT2D eigenvalue weighted by atomic mass is 10.1. The van der Waals surface area contributed by atoms with Crippen molar-refractivity contribution in [3.63, 3.8) is 0 Å². The number of nitrogens with one attached hydrogen (secondary N) is 1. The van der Waals surface area contributed by atoms with Crippen molar-refractivity contribution in [3.8, 4) is 11.5 Å². The number of hydrogen-bond acceptors (Lipinski definition) is 3. The van der Waals surface area contributed by atoms with Gasteiger partial charge in [-0.15, -0.1) is 0 Å². The first-order valence-electron chi connectivity index (χ1n) is 8.76. The second-order valence-corrected chi connectivity index (χ2v) is 6.40. The first-order valence-corrected chi connectivity index (χ1v) is 9.14. The van der Waals surface area contributed by atoms with Crippen molar-refractivity contribution in [2.75, 3.05) is 11.9 Å². The van der Waals surface area contributed by atoms with Gasteiger partial charge in [-0.25, -0.2) is 4.39 Å². The molecule has 0 saturated carbocycles. The molecule has 3 rings (SSSR count). The zero-order valence-corrected chi connectivity index (χ0v) is 16.0. The van der Waals surface area contributed by atoms with Crippen LogP contribution in [0.5, 0.6) is 11.5 Å². The lowest BCUT2D eigenvalue weighted by molar-refractivity contribution is 0.102. The summed E-state index contributed by atoms with van der Waals surface area (Å²) in [6.07, 6.45) is 0. The van der Waals surface area contributed by atoms with E-state index in [4.69, 9.17) is 21.1 Å². The van der Waals surface area contributed by atoms with Gasteiger partial charge < -0.3 is 14.8 Å². The minimum absolute atomic E-state index is 0.205. The molecular formula is C22H19ClFNO3. The van der Waals surface area contributed by atoms with Crippen LogP contribution in [-0.2, 0) is 6.61 Å². The summed E-state index contributed by atoms with van der Waals surface area (Å²) in [5.41, 5.74) is 1.52. The van der Waals surface area contributed by atoms with Gasteiger partial charge in [0.05, 0.1) is 6.61 Å². The fraction of sp³-hybridized carbons (Fsp3) is 0.136. The van der Waals surface area contributed by atoms with E-state index in [9.17, 15) is 9.18 Å². The van der Waals surface area contributed by atoms with Gasteiger partial charge in [-0.3, -0.25) is 4.79 Å². The first kappa shape index (κ1) is 19.7. The van der Waals surface area contributed by atoms with Crippen LogP contribution in [0, 0.1) is 5.82 Å². The first-order chi connectivity index (χ1) is 13.5. The minimum Gasteiger partial charge on any atom is -0.493 e. The van der Waals surface area contributed by atoms with E-state index in [2.05, 4.69) is 5.32 Å². The Hall–Kier alpha value is -3.05. The predicted molar refractivity (Wildman–Crippen MR) is 108 cm³/mol. The summed E-state index contributed by atoms with van der Waals surface area (Å²) in [5, 5.41) is 3.26. The van der Waals surface area contributed by atoms with Crippen molar-refractivity contribution >= 4 is 23.2 Å². The molecule has 0 heterocycles. The fourth-order valence-corrected chi connectivity index (χ4v) is 2.80. The molecule has 0 aliphatic heterocycles. The summed E-state index contributed by atoms with van der Waals surface area (Å²) < 4.78 is 24.7. The molecule has 0 unspecified atom stereocenters. The lowest BCUT2D eigenvalue weighted by Gasteiger charge is -2.14. The number of hydrogen-bond donors (Lipinski definition) is 1. The fourth-order valence-electron chi connectivity index (χ4n) is 2.62.